The zero-order valence-electron chi connectivity index (χ0n) is 12.9. The van der Waals surface area contributed by atoms with E-state index in [0.717, 1.165) is 18.4 Å². The molecule has 0 aliphatic rings. The molecule has 6 heteroatoms. The second-order valence-electron chi connectivity index (χ2n) is 4.95. The van der Waals surface area contributed by atoms with Crippen molar-refractivity contribution in [2.24, 2.45) is 0 Å². The normalized spacial score (nSPS) is 10.3. The summed E-state index contributed by atoms with van der Waals surface area (Å²) in [6.45, 7) is 2.66. The molecule has 0 aliphatic heterocycles. The maximum Gasteiger partial charge on any atom is 0.269 e. The molecule has 0 saturated heterocycles. The molecule has 0 radical (unpaired) electrons. The van der Waals surface area contributed by atoms with Gasteiger partial charge in [-0.2, -0.15) is 0 Å². The number of non-ortho nitro benzene ring substituents is 1. The van der Waals surface area contributed by atoms with Crippen molar-refractivity contribution in [1.29, 1.82) is 0 Å². The first-order valence-corrected chi connectivity index (χ1v) is 7.42. The molecule has 1 N–H and O–H groups in total. The van der Waals surface area contributed by atoms with E-state index in [-0.39, 0.29) is 11.4 Å². The number of rotatable bonds is 8. The van der Waals surface area contributed by atoms with Crippen molar-refractivity contribution in [3.63, 3.8) is 0 Å². The summed E-state index contributed by atoms with van der Waals surface area (Å²) in [5.74, 6) is 1.43. The number of ether oxygens (including phenoxy) is 2. The number of nitro benzene ring substituents is 1. The van der Waals surface area contributed by atoms with Crippen LogP contribution >= 0.6 is 0 Å². The summed E-state index contributed by atoms with van der Waals surface area (Å²) in [5.41, 5.74) is 0.822. The molecule has 0 aromatic heterocycles. The summed E-state index contributed by atoms with van der Waals surface area (Å²) >= 11 is 0. The van der Waals surface area contributed by atoms with Crippen LogP contribution in [0, 0.1) is 10.1 Å². The number of hydrogen-bond acceptors (Lipinski definition) is 5. The Balaban J connectivity index is 1.86. The van der Waals surface area contributed by atoms with E-state index in [1.165, 1.54) is 12.1 Å². The topological polar surface area (TPSA) is 81.8 Å². The van der Waals surface area contributed by atoms with E-state index in [9.17, 15) is 15.2 Å². The Morgan fingerprint density at radius 1 is 1.09 bits per heavy atom. The Bertz CT molecular complexity index is 655. The van der Waals surface area contributed by atoms with Crippen molar-refractivity contribution in [2.45, 2.75) is 19.8 Å². The molecule has 0 fully saturated rings. The fourth-order valence-electron chi connectivity index (χ4n) is 2.17. The fourth-order valence-corrected chi connectivity index (χ4v) is 2.17. The van der Waals surface area contributed by atoms with Crippen molar-refractivity contribution < 1.29 is 19.5 Å². The van der Waals surface area contributed by atoms with Gasteiger partial charge in [0, 0.05) is 17.7 Å². The largest absolute Gasteiger partial charge is 0.508 e. The van der Waals surface area contributed by atoms with Gasteiger partial charge in [-0.1, -0.05) is 19.4 Å². The molecular formula is C17H19NO5. The molecule has 0 heterocycles. The summed E-state index contributed by atoms with van der Waals surface area (Å²) in [6, 6.07) is 11.1. The Morgan fingerprint density at radius 2 is 1.78 bits per heavy atom. The van der Waals surface area contributed by atoms with Crippen molar-refractivity contribution in [3.8, 4) is 17.2 Å². The predicted molar refractivity (Wildman–Crippen MR) is 86.2 cm³/mol. The van der Waals surface area contributed by atoms with E-state index in [4.69, 9.17) is 9.47 Å². The standard InChI is InChI=1S/C17H19NO5/c1-2-4-15-16(19)5-3-6-17(15)23-12-11-22-14-9-7-13(8-10-14)18(20)21/h3,5-10,19H,2,4,11-12H2,1H3. The maximum absolute atomic E-state index is 10.6. The highest BCUT2D eigenvalue weighted by molar-refractivity contribution is 5.44. The highest BCUT2D eigenvalue weighted by Crippen LogP contribution is 2.28. The van der Waals surface area contributed by atoms with E-state index in [2.05, 4.69) is 0 Å². The molecule has 0 aliphatic carbocycles. The molecule has 0 unspecified atom stereocenters. The van der Waals surface area contributed by atoms with E-state index in [0.29, 0.717) is 24.7 Å². The average molecular weight is 317 g/mol. The van der Waals surface area contributed by atoms with Gasteiger partial charge in [0.05, 0.1) is 4.92 Å². The quantitative estimate of drug-likeness (QED) is 0.456. The van der Waals surface area contributed by atoms with Crippen LogP contribution in [0.4, 0.5) is 5.69 Å². The number of hydrogen-bond donors (Lipinski definition) is 1. The molecule has 2 aromatic rings. The van der Waals surface area contributed by atoms with Gasteiger partial charge in [-0.15, -0.1) is 0 Å². The zero-order valence-corrected chi connectivity index (χ0v) is 12.9. The van der Waals surface area contributed by atoms with Gasteiger partial charge in [-0.25, -0.2) is 0 Å². The first-order valence-electron chi connectivity index (χ1n) is 7.42. The van der Waals surface area contributed by atoms with E-state index < -0.39 is 4.92 Å². The third kappa shape index (κ3) is 4.60. The molecule has 0 spiro atoms. The Hall–Kier alpha value is -2.76. The van der Waals surface area contributed by atoms with Crippen LogP contribution in [0.2, 0.25) is 0 Å². The summed E-state index contributed by atoms with van der Waals surface area (Å²) < 4.78 is 11.1. The number of nitrogens with zero attached hydrogens (tertiary/aromatic N) is 1. The molecule has 2 rings (SSSR count). The van der Waals surface area contributed by atoms with Crippen LogP contribution in [0.1, 0.15) is 18.9 Å². The average Bonchev–Trinajstić information content (AvgIpc) is 2.55. The molecular weight excluding hydrogens is 298 g/mol. The monoisotopic (exact) mass is 317 g/mol. The summed E-state index contributed by atoms with van der Waals surface area (Å²) in [6.07, 6.45) is 1.65. The number of phenolic OH excluding ortho intramolecular Hbond substituents is 1. The van der Waals surface area contributed by atoms with Gasteiger partial charge >= 0.3 is 0 Å². The first kappa shape index (κ1) is 16.6. The minimum Gasteiger partial charge on any atom is -0.508 e. The van der Waals surface area contributed by atoms with Crippen LogP contribution in [0.25, 0.3) is 0 Å². The number of phenols is 1. The van der Waals surface area contributed by atoms with Gasteiger partial charge < -0.3 is 14.6 Å². The molecule has 6 nitrogen and oxygen atoms in total. The fraction of sp³-hybridized carbons (Fsp3) is 0.294. The van der Waals surface area contributed by atoms with Gasteiger partial charge in [0.15, 0.2) is 0 Å². The van der Waals surface area contributed by atoms with Crippen LogP contribution in [-0.4, -0.2) is 23.2 Å². The van der Waals surface area contributed by atoms with Gasteiger partial charge in [0.1, 0.15) is 30.5 Å². The van der Waals surface area contributed by atoms with E-state index in [1.54, 1.807) is 24.3 Å². The predicted octanol–water partition coefficient (Wildman–Crippen LogP) is 3.71. The second kappa shape index (κ2) is 8.03. The van der Waals surface area contributed by atoms with Crippen molar-refractivity contribution in [1.82, 2.24) is 0 Å². The lowest BCUT2D eigenvalue weighted by atomic mass is 10.1. The summed E-state index contributed by atoms with van der Waals surface area (Å²) in [4.78, 5) is 10.1. The minimum absolute atomic E-state index is 0.0255. The molecule has 23 heavy (non-hydrogen) atoms. The second-order valence-corrected chi connectivity index (χ2v) is 4.95. The third-order valence-electron chi connectivity index (χ3n) is 3.27. The number of aromatic hydroxyl groups is 1. The Labute approximate surface area is 134 Å². The third-order valence-corrected chi connectivity index (χ3v) is 3.27. The molecule has 122 valence electrons. The van der Waals surface area contributed by atoms with E-state index >= 15 is 0 Å². The van der Waals surface area contributed by atoms with Crippen LogP contribution in [0.3, 0.4) is 0 Å². The zero-order chi connectivity index (χ0) is 16.7. The SMILES string of the molecule is CCCc1c(O)cccc1OCCOc1ccc([N+](=O)[O-])cc1. The number of nitro groups is 1. The van der Waals surface area contributed by atoms with Crippen molar-refractivity contribution in [3.05, 3.63) is 58.1 Å². The van der Waals surface area contributed by atoms with Crippen LogP contribution in [0.15, 0.2) is 42.5 Å². The lowest BCUT2D eigenvalue weighted by molar-refractivity contribution is -0.384. The maximum atomic E-state index is 10.6. The first-order chi connectivity index (χ1) is 11.1. The summed E-state index contributed by atoms with van der Waals surface area (Å²) in [5, 5.41) is 20.4. The highest BCUT2D eigenvalue weighted by Gasteiger charge is 2.08. The Morgan fingerprint density at radius 3 is 2.43 bits per heavy atom. The number of benzene rings is 2. The molecule has 0 saturated carbocycles. The molecule has 2 aromatic carbocycles. The smallest absolute Gasteiger partial charge is 0.269 e. The van der Waals surface area contributed by atoms with Gasteiger partial charge in [-0.05, 0) is 30.7 Å². The van der Waals surface area contributed by atoms with Gasteiger partial charge in [0.25, 0.3) is 5.69 Å². The van der Waals surface area contributed by atoms with Gasteiger partial charge in [0.2, 0.25) is 0 Å². The van der Waals surface area contributed by atoms with E-state index in [1.807, 2.05) is 13.0 Å². The Kier molecular flexibility index (Phi) is 5.80. The van der Waals surface area contributed by atoms with Crippen LogP contribution in [-0.2, 0) is 6.42 Å². The molecule has 0 bridgehead atoms. The van der Waals surface area contributed by atoms with Crippen molar-refractivity contribution in [2.75, 3.05) is 13.2 Å². The van der Waals surface area contributed by atoms with Gasteiger partial charge in [-0.3, -0.25) is 10.1 Å². The van der Waals surface area contributed by atoms with Crippen molar-refractivity contribution >= 4 is 5.69 Å². The van der Waals surface area contributed by atoms with Crippen LogP contribution < -0.4 is 9.47 Å². The lowest BCUT2D eigenvalue weighted by Gasteiger charge is -2.13. The van der Waals surface area contributed by atoms with Crippen LogP contribution in [0.5, 0.6) is 17.2 Å². The molecule has 0 amide bonds. The lowest BCUT2D eigenvalue weighted by Crippen LogP contribution is -2.10. The minimum atomic E-state index is -0.454. The summed E-state index contributed by atoms with van der Waals surface area (Å²) in [7, 11) is 0. The molecule has 0 atom stereocenters. The highest BCUT2D eigenvalue weighted by atomic mass is 16.6.